The Hall–Kier alpha value is -2.50. The molecule has 1 fully saturated rings. The average molecular weight is 453 g/mol. The van der Waals surface area contributed by atoms with Crippen molar-refractivity contribution in [2.75, 3.05) is 20.2 Å². The van der Waals surface area contributed by atoms with Crippen molar-refractivity contribution in [2.24, 2.45) is 0 Å². The zero-order valence-corrected chi connectivity index (χ0v) is 17.6. The van der Waals surface area contributed by atoms with Crippen LogP contribution in [0.4, 0.5) is 18.0 Å². The summed E-state index contributed by atoms with van der Waals surface area (Å²) in [6, 6.07) is 2.12. The van der Waals surface area contributed by atoms with E-state index in [0.29, 0.717) is 24.8 Å². The molecule has 1 atom stereocenters. The summed E-state index contributed by atoms with van der Waals surface area (Å²) in [5.74, 6) is -1.39. The lowest BCUT2D eigenvalue weighted by Gasteiger charge is -2.24. The minimum Gasteiger partial charge on any atom is -0.493 e. The first-order chi connectivity index (χ1) is 13.7. The number of benzene rings is 1. The molecular weight excluding hydrogens is 431 g/mol. The summed E-state index contributed by atoms with van der Waals surface area (Å²) in [6.45, 7) is 5.73. The summed E-state index contributed by atoms with van der Waals surface area (Å²) in [5.41, 5.74) is -6.00. The second-order valence-corrected chi connectivity index (χ2v) is 9.18. The highest BCUT2D eigenvalue weighted by atomic mass is 32.2. The maximum absolute atomic E-state index is 12.6. The van der Waals surface area contributed by atoms with Gasteiger partial charge in [0, 0.05) is 24.6 Å². The second-order valence-electron chi connectivity index (χ2n) is 7.64. The van der Waals surface area contributed by atoms with Crippen molar-refractivity contribution in [3.63, 3.8) is 0 Å². The molecule has 0 aliphatic carbocycles. The lowest BCUT2D eigenvalue weighted by atomic mass is 9.93. The van der Waals surface area contributed by atoms with E-state index in [9.17, 15) is 31.2 Å². The van der Waals surface area contributed by atoms with Crippen molar-refractivity contribution in [1.82, 2.24) is 4.90 Å². The Labute approximate surface area is 172 Å². The van der Waals surface area contributed by atoms with E-state index in [1.807, 2.05) is 0 Å². The van der Waals surface area contributed by atoms with Crippen LogP contribution in [0, 0.1) is 0 Å². The fourth-order valence-corrected chi connectivity index (χ4v) is 3.40. The summed E-state index contributed by atoms with van der Waals surface area (Å²) < 4.78 is 74.9. The SMILES string of the molecule is COc1cc(C2CCN(C(=O)OC(C)(C)C)C2)c(C=O)cc1OS(=O)(=O)C(F)(F)F. The molecule has 0 aromatic heterocycles. The molecule has 1 aliphatic rings. The zero-order chi connectivity index (χ0) is 22.9. The van der Waals surface area contributed by atoms with Gasteiger partial charge < -0.3 is 18.6 Å². The molecule has 1 amide bonds. The van der Waals surface area contributed by atoms with E-state index < -0.39 is 33.1 Å². The number of hydrogen-bond acceptors (Lipinski definition) is 7. The molecule has 2 rings (SSSR count). The minimum atomic E-state index is -5.94. The van der Waals surface area contributed by atoms with Crippen molar-refractivity contribution < 1.29 is 44.8 Å². The third kappa shape index (κ3) is 5.35. The fourth-order valence-electron chi connectivity index (χ4n) is 2.94. The smallest absolute Gasteiger partial charge is 0.493 e. The predicted octanol–water partition coefficient (Wildman–Crippen LogP) is 3.46. The van der Waals surface area contributed by atoms with Gasteiger partial charge in [0.25, 0.3) is 0 Å². The van der Waals surface area contributed by atoms with Gasteiger partial charge in [-0.3, -0.25) is 4.79 Å². The number of halogens is 3. The number of carbonyl (C=O) groups excluding carboxylic acids is 2. The molecule has 30 heavy (non-hydrogen) atoms. The molecule has 8 nitrogen and oxygen atoms in total. The lowest BCUT2D eigenvalue weighted by molar-refractivity contribution is -0.0500. The number of carbonyl (C=O) groups is 2. The Kier molecular flexibility index (Phi) is 6.60. The quantitative estimate of drug-likeness (QED) is 0.382. The molecule has 1 unspecified atom stereocenters. The molecule has 12 heteroatoms. The molecule has 0 spiro atoms. The number of ether oxygens (including phenoxy) is 2. The van der Waals surface area contributed by atoms with Gasteiger partial charge in [-0.2, -0.15) is 21.6 Å². The van der Waals surface area contributed by atoms with E-state index in [1.165, 1.54) is 11.0 Å². The number of rotatable bonds is 5. The van der Waals surface area contributed by atoms with Gasteiger partial charge in [0.2, 0.25) is 0 Å². The fraction of sp³-hybridized carbons (Fsp3) is 0.556. The van der Waals surface area contributed by atoms with E-state index in [4.69, 9.17) is 9.47 Å². The first kappa shape index (κ1) is 23.8. The highest BCUT2D eigenvalue weighted by molar-refractivity contribution is 7.88. The molecule has 1 aromatic rings. The number of amides is 1. The largest absolute Gasteiger partial charge is 0.534 e. The maximum Gasteiger partial charge on any atom is 0.534 e. The number of hydrogen-bond donors (Lipinski definition) is 0. The molecule has 168 valence electrons. The van der Waals surface area contributed by atoms with Crippen LogP contribution in [-0.4, -0.2) is 57.0 Å². The van der Waals surface area contributed by atoms with E-state index in [1.54, 1.807) is 20.8 Å². The van der Waals surface area contributed by atoms with E-state index in [-0.39, 0.29) is 23.8 Å². The maximum atomic E-state index is 12.6. The van der Waals surface area contributed by atoms with Crippen molar-refractivity contribution in [3.8, 4) is 11.5 Å². The highest BCUT2D eigenvalue weighted by Gasteiger charge is 2.49. The monoisotopic (exact) mass is 453 g/mol. The van der Waals surface area contributed by atoms with Gasteiger partial charge in [-0.05, 0) is 44.9 Å². The Balaban J connectivity index is 2.32. The first-order valence-electron chi connectivity index (χ1n) is 8.84. The minimum absolute atomic E-state index is 0.0702. The van der Waals surface area contributed by atoms with Gasteiger partial charge in [-0.1, -0.05) is 0 Å². The Morgan fingerprint density at radius 2 is 1.83 bits per heavy atom. The zero-order valence-electron chi connectivity index (χ0n) is 16.8. The van der Waals surface area contributed by atoms with Gasteiger partial charge in [0.05, 0.1) is 7.11 Å². The van der Waals surface area contributed by atoms with E-state index in [2.05, 4.69) is 4.18 Å². The number of aldehydes is 1. The summed E-state index contributed by atoms with van der Waals surface area (Å²) in [6.07, 6.45) is 0.309. The molecule has 1 saturated heterocycles. The lowest BCUT2D eigenvalue weighted by Crippen LogP contribution is -2.35. The van der Waals surface area contributed by atoms with Crippen LogP contribution in [0.2, 0.25) is 0 Å². The summed E-state index contributed by atoms with van der Waals surface area (Å²) in [4.78, 5) is 25.2. The van der Waals surface area contributed by atoms with Gasteiger partial charge in [-0.15, -0.1) is 0 Å². The number of methoxy groups -OCH3 is 1. The predicted molar refractivity (Wildman–Crippen MR) is 99.1 cm³/mol. The van der Waals surface area contributed by atoms with Gasteiger partial charge in [-0.25, -0.2) is 4.79 Å². The molecule has 0 bridgehead atoms. The van der Waals surface area contributed by atoms with Gasteiger partial charge in [0.15, 0.2) is 11.5 Å². The number of alkyl halides is 3. The standard InChI is InChI=1S/C18H22F3NO7S/c1-17(2,3)28-16(24)22-6-5-11(9-22)13-8-14(27-4)15(7-12(13)10-23)29-30(25,26)18(19,20)21/h7-8,10-11H,5-6,9H2,1-4H3. The summed E-state index contributed by atoms with van der Waals surface area (Å²) in [5, 5.41) is 0. The van der Waals surface area contributed by atoms with Crippen LogP contribution < -0.4 is 8.92 Å². The van der Waals surface area contributed by atoms with Gasteiger partial charge >= 0.3 is 21.7 Å². The highest BCUT2D eigenvalue weighted by Crippen LogP contribution is 2.39. The summed E-state index contributed by atoms with van der Waals surface area (Å²) in [7, 11) is -4.82. The van der Waals surface area contributed by atoms with Crippen LogP contribution in [0.25, 0.3) is 0 Å². The molecule has 1 heterocycles. The second kappa shape index (κ2) is 8.32. The van der Waals surface area contributed by atoms with Crippen molar-refractivity contribution in [3.05, 3.63) is 23.3 Å². The summed E-state index contributed by atoms with van der Waals surface area (Å²) >= 11 is 0. The topological polar surface area (TPSA) is 99.2 Å². The van der Waals surface area contributed by atoms with E-state index in [0.717, 1.165) is 13.2 Å². The number of nitrogens with zero attached hydrogens (tertiary/aromatic N) is 1. The molecular formula is C18H22F3NO7S. The Bertz CT molecular complexity index is 923. The van der Waals surface area contributed by atoms with Crippen molar-refractivity contribution >= 4 is 22.5 Å². The molecule has 0 saturated carbocycles. The molecule has 1 aliphatic heterocycles. The Morgan fingerprint density at radius 3 is 2.33 bits per heavy atom. The third-order valence-corrected chi connectivity index (χ3v) is 5.22. The average Bonchev–Trinajstić information content (AvgIpc) is 3.08. The van der Waals surface area contributed by atoms with Crippen LogP contribution in [0.3, 0.4) is 0 Å². The van der Waals surface area contributed by atoms with Crippen LogP contribution in [0.5, 0.6) is 11.5 Å². The number of likely N-dealkylation sites (tertiary alicyclic amines) is 1. The van der Waals surface area contributed by atoms with Crippen LogP contribution >= 0.6 is 0 Å². The Morgan fingerprint density at radius 1 is 1.20 bits per heavy atom. The van der Waals surface area contributed by atoms with Crippen LogP contribution in [0.15, 0.2) is 12.1 Å². The van der Waals surface area contributed by atoms with Crippen molar-refractivity contribution in [2.45, 2.75) is 44.2 Å². The van der Waals surface area contributed by atoms with Gasteiger partial charge in [0.1, 0.15) is 11.9 Å². The molecule has 0 N–H and O–H groups in total. The van der Waals surface area contributed by atoms with Crippen molar-refractivity contribution in [1.29, 1.82) is 0 Å². The van der Waals surface area contributed by atoms with E-state index >= 15 is 0 Å². The molecule has 1 aromatic carbocycles. The van der Waals surface area contributed by atoms with Crippen LogP contribution in [-0.2, 0) is 14.9 Å². The normalized spacial score (nSPS) is 17.6. The molecule has 0 radical (unpaired) electrons. The van der Waals surface area contributed by atoms with Crippen LogP contribution in [0.1, 0.15) is 49.0 Å². The first-order valence-corrected chi connectivity index (χ1v) is 10.2. The third-order valence-electron chi connectivity index (χ3n) is 4.26.